The first-order valence-electron chi connectivity index (χ1n) is 8.88. The Balaban J connectivity index is 1.77. The fourth-order valence-electron chi connectivity index (χ4n) is 2.99. The van der Waals surface area contributed by atoms with Crippen LogP contribution in [0.25, 0.3) is 0 Å². The quantitative estimate of drug-likeness (QED) is 0.752. The van der Waals surface area contributed by atoms with E-state index in [1.807, 2.05) is 24.4 Å². The third-order valence-corrected chi connectivity index (χ3v) is 4.44. The Morgan fingerprint density at radius 1 is 1.44 bits per heavy atom. The highest BCUT2D eigenvalue weighted by Crippen LogP contribution is 2.15. The van der Waals surface area contributed by atoms with E-state index in [4.69, 9.17) is 4.74 Å². The molecule has 138 valence electrons. The van der Waals surface area contributed by atoms with Crippen molar-refractivity contribution in [3.8, 4) is 0 Å². The number of likely N-dealkylation sites (N-methyl/N-ethyl adjacent to an activating group) is 1. The third kappa shape index (κ3) is 6.34. The summed E-state index contributed by atoms with van der Waals surface area (Å²) in [5, 5.41) is 2.64. The number of hydrogen-bond acceptors (Lipinski definition) is 5. The average Bonchev–Trinajstić information content (AvgIpc) is 2.65. The fourth-order valence-corrected chi connectivity index (χ4v) is 2.99. The molecule has 0 aromatic carbocycles. The van der Waals surface area contributed by atoms with Gasteiger partial charge >= 0.3 is 12.0 Å². The summed E-state index contributed by atoms with van der Waals surface area (Å²) >= 11 is 0. The Labute approximate surface area is 149 Å². The van der Waals surface area contributed by atoms with E-state index in [0.717, 1.165) is 38.0 Å². The highest BCUT2D eigenvalue weighted by atomic mass is 16.5. The highest BCUT2D eigenvalue weighted by Gasteiger charge is 2.26. The van der Waals surface area contributed by atoms with Crippen molar-refractivity contribution in [3.63, 3.8) is 0 Å². The van der Waals surface area contributed by atoms with Crippen molar-refractivity contribution in [1.29, 1.82) is 0 Å². The van der Waals surface area contributed by atoms with Crippen LogP contribution in [0.3, 0.4) is 0 Å². The van der Waals surface area contributed by atoms with E-state index < -0.39 is 5.97 Å². The van der Waals surface area contributed by atoms with Crippen molar-refractivity contribution in [2.45, 2.75) is 32.2 Å². The second-order valence-electron chi connectivity index (χ2n) is 6.26. The number of aromatic nitrogens is 1. The van der Waals surface area contributed by atoms with Crippen LogP contribution < -0.4 is 5.32 Å². The molecule has 1 N–H and O–H groups in total. The number of carbonyl (C=O) groups excluding carboxylic acids is 2. The first kappa shape index (κ1) is 19.2. The average molecular weight is 348 g/mol. The van der Waals surface area contributed by atoms with Gasteiger partial charge in [-0.25, -0.2) is 4.79 Å². The number of pyridine rings is 1. The summed E-state index contributed by atoms with van der Waals surface area (Å²) in [7, 11) is 2.09. The number of amides is 2. The molecule has 1 aliphatic rings. The number of ether oxygens (including phenoxy) is 1. The number of rotatable bonds is 7. The third-order valence-electron chi connectivity index (χ3n) is 4.44. The van der Waals surface area contributed by atoms with Crippen LogP contribution in [0.5, 0.6) is 0 Å². The number of carbonyl (C=O) groups is 2. The number of hydrogen-bond donors (Lipinski definition) is 1. The lowest BCUT2D eigenvalue weighted by molar-refractivity contribution is -0.141. The second kappa shape index (κ2) is 9.98. The molecule has 1 unspecified atom stereocenters. The van der Waals surface area contributed by atoms with E-state index in [1.165, 1.54) is 0 Å². The summed E-state index contributed by atoms with van der Waals surface area (Å²) in [4.78, 5) is 32.0. The van der Waals surface area contributed by atoms with E-state index in [0.29, 0.717) is 19.2 Å². The summed E-state index contributed by atoms with van der Waals surface area (Å²) in [6, 6.07) is 6.07. The van der Waals surface area contributed by atoms with E-state index in [2.05, 4.69) is 22.2 Å². The number of likely N-dealkylation sites (tertiary alicyclic amines) is 1. The smallest absolute Gasteiger partial charge is 0.325 e. The van der Waals surface area contributed by atoms with Crippen LogP contribution in [0.4, 0.5) is 4.79 Å². The van der Waals surface area contributed by atoms with Crippen molar-refractivity contribution >= 4 is 12.0 Å². The van der Waals surface area contributed by atoms with Gasteiger partial charge in [-0.2, -0.15) is 0 Å². The number of esters is 1. The Hall–Kier alpha value is -2.15. The van der Waals surface area contributed by atoms with Gasteiger partial charge in [0.25, 0.3) is 0 Å². The van der Waals surface area contributed by atoms with E-state index in [-0.39, 0.29) is 12.6 Å². The molecule has 7 heteroatoms. The van der Waals surface area contributed by atoms with Crippen molar-refractivity contribution in [2.75, 3.05) is 39.8 Å². The number of nitrogens with one attached hydrogen (secondary N) is 1. The predicted octanol–water partition coefficient (Wildman–Crippen LogP) is 1.29. The molecule has 0 aliphatic carbocycles. The lowest BCUT2D eigenvalue weighted by Crippen LogP contribution is -2.52. The minimum Gasteiger partial charge on any atom is -0.465 e. The lowest BCUT2D eigenvalue weighted by Gasteiger charge is -2.37. The van der Waals surface area contributed by atoms with Crippen molar-refractivity contribution < 1.29 is 14.3 Å². The highest BCUT2D eigenvalue weighted by molar-refractivity contribution is 5.80. The second-order valence-corrected chi connectivity index (χ2v) is 6.26. The van der Waals surface area contributed by atoms with Crippen LogP contribution in [0, 0.1) is 0 Å². The minimum absolute atomic E-state index is 0.0800. The standard InChI is InChI=1S/C18H28N4O3/c1-3-25-17(23)13-20-18(24)22-11-6-8-16(14-22)21(2)12-9-15-7-4-5-10-19-15/h4-5,7,10,16H,3,6,8-9,11-14H2,1-2H3,(H,20,24). The minimum atomic E-state index is -0.406. The number of nitrogens with zero attached hydrogens (tertiary/aromatic N) is 3. The number of piperidine rings is 1. The zero-order valence-corrected chi connectivity index (χ0v) is 15.1. The molecule has 1 atom stereocenters. The van der Waals surface area contributed by atoms with Crippen molar-refractivity contribution in [3.05, 3.63) is 30.1 Å². The lowest BCUT2D eigenvalue weighted by atomic mass is 10.0. The molecule has 1 aromatic rings. The molecule has 25 heavy (non-hydrogen) atoms. The molecular weight excluding hydrogens is 320 g/mol. The summed E-state index contributed by atoms with van der Waals surface area (Å²) < 4.78 is 4.83. The van der Waals surface area contributed by atoms with Gasteiger partial charge in [-0.15, -0.1) is 0 Å². The molecule has 2 heterocycles. The van der Waals surface area contributed by atoms with Gasteiger partial charge in [-0.1, -0.05) is 6.07 Å². The maximum absolute atomic E-state index is 12.2. The van der Waals surface area contributed by atoms with Gasteiger partial charge in [0, 0.05) is 44.0 Å². The first-order valence-corrected chi connectivity index (χ1v) is 8.88. The zero-order chi connectivity index (χ0) is 18.1. The maximum atomic E-state index is 12.2. The van der Waals surface area contributed by atoms with Gasteiger partial charge in [0.1, 0.15) is 6.54 Å². The van der Waals surface area contributed by atoms with Gasteiger partial charge in [0.05, 0.1) is 6.61 Å². The van der Waals surface area contributed by atoms with Gasteiger partial charge in [-0.3, -0.25) is 9.78 Å². The molecule has 1 fully saturated rings. The monoisotopic (exact) mass is 348 g/mol. The molecule has 1 saturated heterocycles. The van der Waals surface area contributed by atoms with Crippen LogP contribution in [0.15, 0.2) is 24.4 Å². The topological polar surface area (TPSA) is 74.8 Å². The van der Waals surface area contributed by atoms with E-state index in [1.54, 1.807) is 11.8 Å². The number of urea groups is 1. The van der Waals surface area contributed by atoms with Crippen molar-refractivity contribution in [2.24, 2.45) is 0 Å². The Bertz CT molecular complexity index is 553. The molecule has 1 aromatic heterocycles. The molecule has 0 spiro atoms. The van der Waals surface area contributed by atoms with Crippen LogP contribution >= 0.6 is 0 Å². The molecular formula is C18H28N4O3. The first-order chi connectivity index (χ1) is 12.1. The zero-order valence-electron chi connectivity index (χ0n) is 15.1. The van der Waals surface area contributed by atoms with Gasteiger partial charge in [-0.05, 0) is 38.9 Å². The Morgan fingerprint density at radius 3 is 3.00 bits per heavy atom. The SMILES string of the molecule is CCOC(=O)CNC(=O)N1CCCC(N(C)CCc2ccccn2)C1. The van der Waals surface area contributed by atoms with Crippen LogP contribution in [-0.4, -0.2) is 72.7 Å². The van der Waals surface area contributed by atoms with Gasteiger partial charge < -0.3 is 19.9 Å². The van der Waals surface area contributed by atoms with Crippen LogP contribution in [0.1, 0.15) is 25.5 Å². The van der Waals surface area contributed by atoms with E-state index in [9.17, 15) is 9.59 Å². The molecule has 1 aliphatic heterocycles. The molecule has 2 amide bonds. The maximum Gasteiger partial charge on any atom is 0.325 e. The predicted molar refractivity (Wildman–Crippen MR) is 95.2 cm³/mol. The van der Waals surface area contributed by atoms with E-state index >= 15 is 0 Å². The molecule has 0 bridgehead atoms. The summed E-state index contributed by atoms with van der Waals surface area (Å²) in [5.41, 5.74) is 1.08. The Kier molecular flexibility index (Phi) is 7.66. The molecule has 7 nitrogen and oxygen atoms in total. The molecule has 0 radical (unpaired) electrons. The summed E-state index contributed by atoms with van der Waals surface area (Å²) in [6.07, 6.45) is 4.74. The molecule has 0 saturated carbocycles. The van der Waals surface area contributed by atoms with Crippen molar-refractivity contribution in [1.82, 2.24) is 20.1 Å². The summed E-state index contributed by atoms with van der Waals surface area (Å²) in [6.45, 7) is 4.28. The largest absolute Gasteiger partial charge is 0.465 e. The Morgan fingerprint density at radius 2 is 2.28 bits per heavy atom. The van der Waals surface area contributed by atoms with Crippen LogP contribution in [-0.2, 0) is 16.0 Å². The van der Waals surface area contributed by atoms with Gasteiger partial charge in [0.2, 0.25) is 0 Å². The van der Waals surface area contributed by atoms with Crippen LogP contribution in [0.2, 0.25) is 0 Å². The fraction of sp³-hybridized carbons (Fsp3) is 0.611. The molecule has 2 rings (SSSR count). The summed E-state index contributed by atoms with van der Waals surface area (Å²) in [5.74, 6) is -0.406. The van der Waals surface area contributed by atoms with Gasteiger partial charge in [0.15, 0.2) is 0 Å². The normalized spacial score (nSPS) is 17.4.